The summed E-state index contributed by atoms with van der Waals surface area (Å²) in [7, 11) is 1.40. The fraction of sp³-hybridized carbons (Fsp3) is 0.429. The highest BCUT2D eigenvalue weighted by Gasteiger charge is 2.28. The maximum atomic E-state index is 13.6. The Labute approximate surface area is 116 Å². The highest BCUT2D eigenvalue weighted by molar-refractivity contribution is 5.89. The van der Waals surface area contributed by atoms with Crippen molar-refractivity contribution in [3.05, 3.63) is 29.6 Å². The predicted molar refractivity (Wildman–Crippen MR) is 70.6 cm³/mol. The van der Waals surface area contributed by atoms with Crippen LogP contribution in [-0.4, -0.2) is 25.5 Å². The Morgan fingerprint density at radius 2 is 2.30 bits per heavy atom. The summed E-state index contributed by atoms with van der Waals surface area (Å²) in [5, 5.41) is 5.40. The lowest BCUT2D eigenvalue weighted by Crippen LogP contribution is -2.33. The molecule has 20 heavy (non-hydrogen) atoms. The third-order valence-corrected chi connectivity index (χ3v) is 3.38. The molecule has 5 nitrogen and oxygen atoms in total. The zero-order chi connectivity index (χ0) is 14.7. The van der Waals surface area contributed by atoms with Crippen molar-refractivity contribution in [2.24, 2.45) is 5.92 Å². The quantitative estimate of drug-likeness (QED) is 0.869. The second kappa shape index (κ2) is 5.90. The van der Waals surface area contributed by atoms with Crippen molar-refractivity contribution in [1.82, 2.24) is 10.6 Å². The lowest BCUT2D eigenvalue weighted by Gasteiger charge is -2.17. The summed E-state index contributed by atoms with van der Waals surface area (Å²) in [6, 6.07) is 4.22. The molecule has 6 heteroatoms. The van der Waals surface area contributed by atoms with Gasteiger partial charge in [-0.3, -0.25) is 9.59 Å². The first-order valence-corrected chi connectivity index (χ1v) is 6.41. The number of amides is 2. The number of halogens is 1. The number of nitrogens with one attached hydrogen (secondary N) is 2. The Hall–Kier alpha value is -2.11. The van der Waals surface area contributed by atoms with Crippen LogP contribution in [0, 0.1) is 11.7 Å². The molecule has 1 aromatic carbocycles. The van der Waals surface area contributed by atoms with Gasteiger partial charge >= 0.3 is 0 Å². The van der Waals surface area contributed by atoms with Crippen molar-refractivity contribution in [2.75, 3.05) is 13.7 Å². The Morgan fingerprint density at radius 3 is 2.85 bits per heavy atom. The second-order valence-corrected chi connectivity index (χ2v) is 4.83. The maximum Gasteiger partial charge on any atom is 0.225 e. The Morgan fingerprint density at radius 1 is 1.55 bits per heavy atom. The van der Waals surface area contributed by atoms with Crippen molar-refractivity contribution in [3.8, 4) is 5.75 Å². The van der Waals surface area contributed by atoms with Gasteiger partial charge in [0, 0.05) is 13.0 Å². The van der Waals surface area contributed by atoms with Crippen molar-refractivity contribution in [3.63, 3.8) is 0 Å². The number of ether oxygens (including phenoxy) is 1. The van der Waals surface area contributed by atoms with E-state index in [9.17, 15) is 14.0 Å². The minimum atomic E-state index is -0.469. The average molecular weight is 280 g/mol. The predicted octanol–water partition coefficient (Wildman–Crippen LogP) is 1.15. The molecule has 2 amide bonds. The lowest BCUT2D eigenvalue weighted by atomic mass is 10.0. The monoisotopic (exact) mass is 280 g/mol. The average Bonchev–Trinajstić information content (AvgIpc) is 2.85. The van der Waals surface area contributed by atoms with E-state index in [2.05, 4.69) is 10.6 Å². The van der Waals surface area contributed by atoms with E-state index in [4.69, 9.17) is 4.74 Å². The standard InChI is InChI=1S/C14H17FN2O3/c1-8(9-3-4-12(20-2)11(15)5-9)17-14(19)10-6-13(18)16-7-10/h3-5,8,10H,6-7H2,1-2H3,(H,16,18)(H,17,19). The molecule has 0 spiro atoms. The number of carbonyl (C=O) groups excluding carboxylic acids is 2. The fourth-order valence-corrected chi connectivity index (χ4v) is 2.16. The molecule has 2 N–H and O–H groups in total. The van der Waals surface area contributed by atoms with E-state index in [-0.39, 0.29) is 35.9 Å². The van der Waals surface area contributed by atoms with Crippen LogP contribution in [0.5, 0.6) is 5.75 Å². The van der Waals surface area contributed by atoms with Crippen LogP contribution < -0.4 is 15.4 Å². The highest BCUT2D eigenvalue weighted by atomic mass is 19.1. The van der Waals surface area contributed by atoms with Gasteiger partial charge in [0.15, 0.2) is 11.6 Å². The fourth-order valence-electron chi connectivity index (χ4n) is 2.16. The molecule has 0 bridgehead atoms. The van der Waals surface area contributed by atoms with Crippen LogP contribution in [0.1, 0.15) is 24.9 Å². The van der Waals surface area contributed by atoms with Gasteiger partial charge in [0.25, 0.3) is 0 Å². The van der Waals surface area contributed by atoms with Crippen LogP contribution in [0.3, 0.4) is 0 Å². The van der Waals surface area contributed by atoms with Gasteiger partial charge in [-0.1, -0.05) is 6.07 Å². The van der Waals surface area contributed by atoms with Gasteiger partial charge < -0.3 is 15.4 Å². The first-order valence-electron chi connectivity index (χ1n) is 6.41. The van der Waals surface area contributed by atoms with Crippen LogP contribution in [0.2, 0.25) is 0 Å². The van der Waals surface area contributed by atoms with Crippen molar-refractivity contribution < 1.29 is 18.7 Å². The van der Waals surface area contributed by atoms with E-state index < -0.39 is 5.82 Å². The summed E-state index contributed by atoms with van der Waals surface area (Å²) >= 11 is 0. The Balaban J connectivity index is 2.00. The second-order valence-electron chi connectivity index (χ2n) is 4.83. The highest BCUT2D eigenvalue weighted by Crippen LogP contribution is 2.22. The van der Waals surface area contributed by atoms with E-state index in [0.29, 0.717) is 12.1 Å². The molecule has 1 fully saturated rings. The topological polar surface area (TPSA) is 67.4 Å². The summed E-state index contributed by atoms with van der Waals surface area (Å²) in [4.78, 5) is 23.0. The minimum Gasteiger partial charge on any atom is -0.494 e. The van der Waals surface area contributed by atoms with Crippen LogP contribution in [0.15, 0.2) is 18.2 Å². The molecular formula is C14H17FN2O3. The zero-order valence-corrected chi connectivity index (χ0v) is 11.4. The Bertz CT molecular complexity index is 533. The number of hydrogen-bond acceptors (Lipinski definition) is 3. The maximum absolute atomic E-state index is 13.6. The van der Waals surface area contributed by atoms with Crippen molar-refractivity contribution >= 4 is 11.8 Å². The van der Waals surface area contributed by atoms with Gasteiger partial charge in [-0.2, -0.15) is 0 Å². The zero-order valence-electron chi connectivity index (χ0n) is 11.4. The third kappa shape index (κ3) is 3.07. The molecule has 0 aromatic heterocycles. The first-order chi connectivity index (χ1) is 9.51. The lowest BCUT2D eigenvalue weighted by molar-refractivity contribution is -0.127. The van der Waals surface area contributed by atoms with Crippen LogP contribution in [-0.2, 0) is 9.59 Å². The van der Waals surface area contributed by atoms with E-state index in [1.165, 1.54) is 19.2 Å². The molecule has 2 rings (SSSR count). The van der Waals surface area contributed by atoms with E-state index >= 15 is 0 Å². The minimum absolute atomic E-state index is 0.117. The number of carbonyl (C=O) groups is 2. The summed E-state index contributed by atoms with van der Waals surface area (Å²) in [6.07, 6.45) is 0.204. The SMILES string of the molecule is COc1ccc(C(C)NC(=O)C2CNC(=O)C2)cc1F. The van der Waals surface area contributed by atoms with Crippen LogP contribution >= 0.6 is 0 Å². The third-order valence-electron chi connectivity index (χ3n) is 3.38. The largest absolute Gasteiger partial charge is 0.494 e. The number of hydrogen-bond donors (Lipinski definition) is 2. The summed E-state index contributed by atoms with van der Waals surface area (Å²) in [5.74, 6) is -0.977. The molecule has 1 aliphatic heterocycles. The molecule has 2 atom stereocenters. The molecule has 1 heterocycles. The molecule has 1 saturated heterocycles. The smallest absolute Gasteiger partial charge is 0.225 e. The summed E-state index contributed by atoms with van der Waals surface area (Å²) in [6.45, 7) is 2.12. The molecular weight excluding hydrogens is 263 g/mol. The van der Waals surface area contributed by atoms with Gasteiger partial charge in [0.1, 0.15) is 0 Å². The van der Waals surface area contributed by atoms with Gasteiger partial charge in [-0.25, -0.2) is 4.39 Å². The number of benzene rings is 1. The number of methoxy groups -OCH3 is 1. The van der Waals surface area contributed by atoms with Gasteiger partial charge in [0.05, 0.1) is 19.1 Å². The molecule has 0 saturated carbocycles. The number of rotatable bonds is 4. The first kappa shape index (κ1) is 14.3. The molecule has 1 aromatic rings. The van der Waals surface area contributed by atoms with Crippen molar-refractivity contribution in [2.45, 2.75) is 19.4 Å². The van der Waals surface area contributed by atoms with E-state index in [1.807, 2.05) is 0 Å². The molecule has 0 aliphatic carbocycles. The van der Waals surface area contributed by atoms with Crippen LogP contribution in [0.25, 0.3) is 0 Å². The van der Waals surface area contributed by atoms with E-state index in [0.717, 1.165) is 0 Å². The normalized spacial score (nSPS) is 19.4. The molecule has 108 valence electrons. The molecule has 2 unspecified atom stereocenters. The van der Waals surface area contributed by atoms with Crippen molar-refractivity contribution in [1.29, 1.82) is 0 Å². The summed E-state index contributed by atoms with van der Waals surface area (Å²) in [5.41, 5.74) is 0.647. The van der Waals surface area contributed by atoms with Gasteiger partial charge in [-0.05, 0) is 24.6 Å². The summed E-state index contributed by atoms with van der Waals surface area (Å²) < 4.78 is 18.5. The van der Waals surface area contributed by atoms with Crippen LogP contribution in [0.4, 0.5) is 4.39 Å². The van der Waals surface area contributed by atoms with E-state index in [1.54, 1.807) is 13.0 Å². The molecule has 1 aliphatic rings. The van der Waals surface area contributed by atoms with Gasteiger partial charge in [-0.15, -0.1) is 0 Å². The van der Waals surface area contributed by atoms with Gasteiger partial charge in [0.2, 0.25) is 11.8 Å². The molecule has 0 radical (unpaired) electrons. The Kier molecular flexibility index (Phi) is 4.22.